The lowest BCUT2D eigenvalue weighted by molar-refractivity contribution is 1.31. The minimum absolute atomic E-state index is 0.921. The summed E-state index contributed by atoms with van der Waals surface area (Å²) in [6, 6.07) is 44.3. The predicted octanol–water partition coefficient (Wildman–Crippen LogP) is 9.94. The molecule has 5 heterocycles. The monoisotopic (exact) mass is 587 g/mol. The van der Waals surface area contributed by atoms with Crippen LogP contribution in [0.3, 0.4) is 0 Å². The molecule has 0 aliphatic heterocycles. The smallest absolute Gasteiger partial charge is 0.0970 e. The van der Waals surface area contributed by atoms with Gasteiger partial charge in [0.05, 0.1) is 33.5 Å². The van der Waals surface area contributed by atoms with Crippen molar-refractivity contribution in [2.24, 2.45) is 0 Å². The van der Waals surface area contributed by atoms with Crippen molar-refractivity contribution in [1.82, 2.24) is 24.9 Å². The van der Waals surface area contributed by atoms with Gasteiger partial charge >= 0.3 is 0 Å². The highest BCUT2D eigenvalue weighted by Gasteiger charge is 2.11. The second-order valence-corrected chi connectivity index (χ2v) is 11.4. The fraction of sp³-hybridized carbons (Fsp3) is 0. The topological polar surface area (TPSA) is 64.5 Å². The van der Waals surface area contributed by atoms with Gasteiger partial charge in [-0.25, -0.2) is 9.97 Å². The van der Waals surface area contributed by atoms with Crippen LogP contribution in [-0.2, 0) is 0 Å². The van der Waals surface area contributed by atoms with Gasteiger partial charge in [-0.15, -0.1) is 0 Å². The van der Waals surface area contributed by atoms with E-state index < -0.39 is 0 Å². The van der Waals surface area contributed by atoms with E-state index in [0.717, 1.165) is 88.4 Å². The van der Waals surface area contributed by atoms with Gasteiger partial charge in [-0.3, -0.25) is 15.0 Å². The van der Waals surface area contributed by atoms with Crippen molar-refractivity contribution in [1.29, 1.82) is 0 Å². The lowest BCUT2D eigenvalue weighted by Gasteiger charge is -2.10. The molecule has 5 heteroatoms. The fourth-order valence-electron chi connectivity index (χ4n) is 6.27. The van der Waals surface area contributed by atoms with Crippen LogP contribution in [0.25, 0.3) is 88.4 Å². The summed E-state index contributed by atoms with van der Waals surface area (Å²) in [4.78, 5) is 23.4. The van der Waals surface area contributed by atoms with Crippen LogP contribution >= 0.6 is 0 Å². The van der Waals surface area contributed by atoms with Crippen molar-refractivity contribution >= 4 is 43.6 Å². The quantitative estimate of drug-likeness (QED) is 0.192. The van der Waals surface area contributed by atoms with Crippen LogP contribution in [0.15, 0.2) is 152 Å². The van der Waals surface area contributed by atoms with Crippen LogP contribution in [0, 0.1) is 0 Å². The zero-order valence-corrected chi connectivity index (χ0v) is 24.7. The van der Waals surface area contributed by atoms with Crippen LogP contribution in [0.1, 0.15) is 0 Å². The van der Waals surface area contributed by atoms with Crippen LogP contribution in [0.2, 0.25) is 0 Å². The molecule has 0 aliphatic carbocycles. The highest BCUT2D eigenvalue weighted by Crippen LogP contribution is 2.33. The number of hydrogen-bond donors (Lipinski definition) is 0. The third kappa shape index (κ3) is 4.54. The van der Waals surface area contributed by atoms with Crippen molar-refractivity contribution in [3.05, 3.63) is 152 Å². The molecular weight excluding hydrogens is 562 g/mol. The maximum Gasteiger partial charge on any atom is 0.0970 e. The molecular formula is C41H25N5. The van der Waals surface area contributed by atoms with E-state index in [1.165, 1.54) is 0 Å². The van der Waals surface area contributed by atoms with Crippen molar-refractivity contribution in [2.45, 2.75) is 0 Å². The zero-order valence-electron chi connectivity index (χ0n) is 24.7. The molecule has 0 saturated heterocycles. The summed E-state index contributed by atoms with van der Waals surface area (Å²) in [5, 5.41) is 4.39. The SMILES string of the molecule is c1cnc2c(c1)ccc1c(-c3ccc(-c4ccc5ccc(-c6ccc7ccc(-c8ccncc8)nc7c6)nc5c4)cc3)ccnc12. The molecule has 5 aromatic heterocycles. The van der Waals surface area contributed by atoms with E-state index in [4.69, 9.17) is 9.97 Å². The molecule has 0 saturated carbocycles. The highest BCUT2D eigenvalue weighted by molar-refractivity contribution is 6.08. The van der Waals surface area contributed by atoms with Crippen LogP contribution in [-0.4, -0.2) is 24.9 Å². The third-order valence-electron chi connectivity index (χ3n) is 8.67. The molecule has 0 amide bonds. The maximum absolute atomic E-state index is 5.09. The van der Waals surface area contributed by atoms with E-state index >= 15 is 0 Å². The van der Waals surface area contributed by atoms with Crippen molar-refractivity contribution in [3.63, 3.8) is 0 Å². The second-order valence-electron chi connectivity index (χ2n) is 11.4. The van der Waals surface area contributed by atoms with Gasteiger partial charge in [0.15, 0.2) is 0 Å². The summed E-state index contributed by atoms with van der Waals surface area (Å²) in [5.74, 6) is 0. The van der Waals surface area contributed by atoms with Crippen LogP contribution < -0.4 is 0 Å². The Kier molecular flexibility index (Phi) is 6.06. The van der Waals surface area contributed by atoms with Gasteiger partial charge in [0.1, 0.15) is 0 Å². The molecule has 9 aromatic rings. The first-order valence-corrected chi connectivity index (χ1v) is 15.2. The Balaban J connectivity index is 1.05. The lowest BCUT2D eigenvalue weighted by atomic mass is 9.97. The van der Waals surface area contributed by atoms with Gasteiger partial charge in [-0.05, 0) is 70.8 Å². The van der Waals surface area contributed by atoms with Gasteiger partial charge in [-0.2, -0.15) is 0 Å². The first-order valence-electron chi connectivity index (χ1n) is 15.2. The fourth-order valence-corrected chi connectivity index (χ4v) is 6.27. The van der Waals surface area contributed by atoms with E-state index in [0.29, 0.717) is 0 Å². The molecule has 5 nitrogen and oxygen atoms in total. The Morgan fingerprint density at radius 3 is 1.76 bits per heavy atom. The number of fused-ring (bicyclic) bond motifs is 5. The first kappa shape index (κ1) is 26.1. The van der Waals surface area contributed by atoms with Crippen molar-refractivity contribution < 1.29 is 0 Å². The number of rotatable bonds is 4. The number of benzene rings is 4. The average molecular weight is 588 g/mol. The number of nitrogens with zero attached hydrogens (tertiary/aromatic N) is 5. The van der Waals surface area contributed by atoms with Gasteiger partial charge in [0, 0.05) is 57.5 Å². The average Bonchev–Trinajstić information content (AvgIpc) is 3.14. The van der Waals surface area contributed by atoms with E-state index in [1.54, 1.807) is 12.4 Å². The summed E-state index contributed by atoms with van der Waals surface area (Å²) >= 11 is 0. The van der Waals surface area contributed by atoms with E-state index in [9.17, 15) is 0 Å². The summed E-state index contributed by atoms with van der Waals surface area (Å²) in [6.07, 6.45) is 7.28. The molecule has 214 valence electrons. The number of hydrogen-bond acceptors (Lipinski definition) is 5. The number of aromatic nitrogens is 5. The Labute approximate surface area is 264 Å². The molecule has 0 bridgehead atoms. The Morgan fingerprint density at radius 1 is 0.370 bits per heavy atom. The molecule has 0 unspecified atom stereocenters. The zero-order chi connectivity index (χ0) is 30.5. The van der Waals surface area contributed by atoms with E-state index in [2.05, 4.69) is 124 Å². The largest absolute Gasteiger partial charge is 0.265 e. The van der Waals surface area contributed by atoms with Gasteiger partial charge < -0.3 is 0 Å². The van der Waals surface area contributed by atoms with Crippen LogP contribution in [0.5, 0.6) is 0 Å². The highest BCUT2D eigenvalue weighted by atomic mass is 14.7. The Bertz CT molecular complexity index is 2580. The molecule has 0 N–H and O–H groups in total. The Morgan fingerprint density at radius 2 is 0.978 bits per heavy atom. The lowest BCUT2D eigenvalue weighted by Crippen LogP contribution is -1.90. The minimum Gasteiger partial charge on any atom is -0.265 e. The van der Waals surface area contributed by atoms with Crippen molar-refractivity contribution in [3.8, 4) is 44.8 Å². The van der Waals surface area contributed by atoms with Gasteiger partial charge in [0.25, 0.3) is 0 Å². The standard InChI is InChI=1S/C41H25N5/c1-2-31-11-14-35-34(19-23-44-41(35)40(31)43-20-1)27-5-3-26(4-6-27)32-9-7-28-13-16-37(46-38(28)24-32)33-10-8-29-12-15-36(45-39(29)25-33)30-17-21-42-22-18-30/h1-25H. The molecule has 0 fully saturated rings. The Hall–Kier alpha value is -6.33. The molecule has 0 aliphatic rings. The van der Waals surface area contributed by atoms with Crippen molar-refractivity contribution in [2.75, 3.05) is 0 Å². The molecule has 46 heavy (non-hydrogen) atoms. The summed E-state index contributed by atoms with van der Waals surface area (Å²) in [6.45, 7) is 0. The molecule has 0 radical (unpaired) electrons. The summed E-state index contributed by atoms with van der Waals surface area (Å²) in [5.41, 5.74) is 12.2. The minimum atomic E-state index is 0.921. The van der Waals surface area contributed by atoms with E-state index in [1.807, 2.05) is 30.6 Å². The molecule has 4 aromatic carbocycles. The van der Waals surface area contributed by atoms with Gasteiger partial charge in [0.2, 0.25) is 0 Å². The predicted molar refractivity (Wildman–Crippen MR) is 187 cm³/mol. The normalized spacial score (nSPS) is 11.5. The van der Waals surface area contributed by atoms with E-state index in [-0.39, 0.29) is 0 Å². The number of pyridine rings is 5. The second kappa shape index (κ2) is 10.7. The van der Waals surface area contributed by atoms with Crippen LogP contribution in [0.4, 0.5) is 0 Å². The molecule has 0 spiro atoms. The maximum atomic E-state index is 5.09. The third-order valence-corrected chi connectivity index (χ3v) is 8.67. The molecule has 0 atom stereocenters. The molecule has 9 rings (SSSR count). The summed E-state index contributed by atoms with van der Waals surface area (Å²) < 4.78 is 0. The summed E-state index contributed by atoms with van der Waals surface area (Å²) in [7, 11) is 0. The van der Waals surface area contributed by atoms with Gasteiger partial charge in [-0.1, -0.05) is 78.9 Å². The first-order chi connectivity index (χ1) is 22.8.